The van der Waals surface area contributed by atoms with E-state index >= 15 is 0 Å². The van der Waals surface area contributed by atoms with Crippen LogP contribution in [-0.2, 0) is 6.42 Å². The van der Waals surface area contributed by atoms with E-state index in [0.717, 1.165) is 0 Å². The van der Waals surface area contributed by atoms with Crippen molar-refractivity contribution in [1.82, 2.24) is 0 Å². The van der Waals surface area contributed by atoms with E-state index in [-0.39, 0.29) is 0 Å². The number of thiophene rings is 1. The lowest BCUT2D eigenvalue weighted by molar-refractivity contribution is 0.556. The first-order chi connectivity index (χ1) is 16.3. The number of fused-ring (bicyclic) bond motifs is 6. The maximum absolute atomic E-state index is 2.43. The van der Waals surface area contributed by atoms with Crippen molar-refractivity contribution in [3.63, 3.8) is 0 Å². The van der Waals surface area contributed by atoms with Gasteiger partial charge in [-0.05, 0) is 74.3 Å². The first-order valence-electron chi connectivity index (χ1n) is 13.1. The van der Waals surface area contributed by atoms with Crippen LogP contribution in [0.3, 0.4) is 0 Å². The molecule has 0 aliphatic carbocycles. The van der Waals surface area contributed by atoms with E-state index in [9.17, 15) is 0 Å². The van der Waals surface area contributed by atoms with Gasteiger partial charge >= 0.3 is 0 Å². The van der Waals surface area contributed by atoms with E-state index in [2.05, 4.69) is 73.0 Å². The van der Waals surface area contributed by atoms with Gasteiger partial charge in [-0.2, -0.15) is 0 Å². The second-order valence-electron chi connectivity index (χ2n) is 9.75. The van der Waals surface area contributed by atoms with Crippen LogP contribution in [0.2, 0.25) is 0 Å². The molecule has 0 N–H and O–H groups in total. The van der Waals surface area contributed by atoms with Gasteiger partial charge in [-0.25, -0.2) is 0 Å². The Balaban J connectivity index is 1.23. The quantitative estimate of drug-likeness (QED) is 0.106. The lowest BCUT2D eigenvalue weighted by Crippen LogP contribution is -1.88. The van der Waals surface area contributed by atoms with Crippen LogP contribution in [0.1, 0.15) is 76.7 Å². The van der Waals surface area contributed by atoms with Crippen molar-refractivity contribution >= 4 is 53.7 Å². The molecule has 5 aromatic rings. The monoisotopic (exact) mass is 452 g/mol. The molecule has 0 aliphatic heterocycles. The van der Waals surface area contributed by atoms with Crippen molar-refractivity contribution in [2.24, 2.45) is 0 Å². The second kappa shape index (κ2) is 10.7. The molecule has 0 atom stereocenters. The molecule has 4 aromatic carbocycles. The molecule has 1 aromatic heterocycles. The molecular weight excluding hydrogens is 416 g/mol. The van der Waals surface area contributed by atoms with Gasteiger partial charge in [-0.3, -0.25) is 0 Å². The smallest absolute Gasteiger partial charge is 0.0421 e. The predicted octanol–water partition coefficient (Wildman–Crippen LogP) is 10.8. The van der Waals surface area contributed by atoms with Gasteiger partial charge in [0.1, 0.15) is 0 Å². The molecule has 0 nitrogen and oxygen atoms in total. The lowest BCUT2D eigenvalue weighted by atomic mass is 9.96. The molecule has 170 valence electrons. The molecule has 5 rings (SSSR count). The summed E-state index contributed by atoms with van der Waals surface area (Å²) < 4.78 is 1.40. The largest absolute Gasteiger partial charge is 0.143 e. The Hall–Kier alpha value is -2.38. The van der Waals surface area contributed by atoms with Crippen molar-refractivity contribution in [3.05, 3.63) is 71.6 Å². The summed E-state index contributed by atoms with van der Waals surface area (Å²) >= 11 is 1.85. The van der Waals surface area contributed by atoms with Crippen LogP contribution in [0.5, 0.6) is 0 Å². The molecule has 0 saturated heterocycles. The number of aryl methyl sites for hydroxylation is 1. The van der Waals surface area contributed by atoms with Gasteiger partial charge in [0.05, 0.1) is 0 Å². The summed E-state index contributed by atoms with van der Waals surface area (Å²) in [5.41, 5.74) is 1.49. The zero-order valence-electron chi connectivity index (χ0n) is 20.0. The molecular formula is C32H36S. The van der Waals surface area contributed by atoms with Gasteiger partial charge in [-0.15, -0.1) is 11.3 Å². The Bertz CT molecular complexity index is 1360. The summed E-state index contributed by atoms with van der Waals surface area (Å²) in [4.78, 5) is 0. The summed E-state index contributed by atoms with van der Waals surface area (Å²) in [7, 11) is 0. The fourth-order valence-corrected chi connectivity index (χ4v) is 6.26. The summed E-state index contributed by atoms with van der Waals surface area (Å²) in [6, 6.07) is 23.3. The average Bonchev–Trinajstić information content (AvgIpc) is 3.33. The Labute approximate surface area is 202 Å². The minimum atomic E-state index is 1.21. The average molecular weight is 453 g/mol. The van der Waals surface area contributed by atoms with E-state index in [1.807, 2.05) is 11.3 Å². The molecule has 0 bridgehead atoms. The van der Waals surface area contributed by atoms with Crippen LogP contribution in [0, 0.1) is 0 Å². The fraction of sp³-hybridized carbons (Fsp3) is 0.375. The maximum atomic E-state index is 2.43. The van der Waals surface area contributed by atoms with Crippen LogP contribution < -0.4 is 0 Å². The topological polar surface area (TPSA) is 0 Å². The first-order valence-corrected chi connectivity index (χ1v) is 14.0. The molecule has 1 heteroatoms. The van der Waals surface area contributed by atoms with E-state index in [0.29, 0.717) is 0 Å². The number of hydrogen-bond acceptors (Lipinski definition) is 1. The number of hydrogen-bond donors (Lipinski definition) is 0. The molecule has 0 spiro atoms. The Morgan fingerprint density at radius 2 is 1.21 bits per heavy atom. The van der Waals surface area contributed by atoms with Crippen LogP contribution in [0.4, 0.5) is 0 Å². The number of unbranched alkanes of at least 4 members (excludes halogenated alkanes) is 9. The molecule has 0 saturated carbocycles. The highest BCUT2D eigenvalue weighted by molar-refractivity contribution is 7.18. The van der Waals surface area contributed by atoms with Crippen LogP contribution in [0.15, 0.2) is 66.0 Å². The Morgan fingerprint density at radius 3 is 2.03 bits per heavy atom. The zero-order valence-corrected chi connectivity index (χ0v) is 20.9. The highest BCUT2D eigenvalue weighted by Crippen LogP contribution is 2.35. The van der Waals surface area contributed by atoms with E-state index in [1.54, 1.807) is 0 Å². The summed E-state index contributed by atoms with van der Waals surface area (Å²) in [6.45, 7) is 2.29. The normalized spacial score (nSPS) is 11.9. The second-order valence-corrected chi connectivity index (χ2v) is 10.7. The Morgan fingerprint density at radius 1 is 0.515 bits per heavy atom. The highest BCUT2D eigenvalue weighted by Gasteiger charge is 2.07. The SMILES string of the molecule is CCCCCCCCCCCCc1ccc2cc3c(ccc4c3ccc3ccsc34)cc2c1. The number of benzene rings is 4. The van der Waals surface area contributed by atoms with E-state index in [1.165, 1.54) is 119 Å². The minimum Gasteiger partial charge on any atom is -0.143 e. The number of rotatable bonds is 11. The predicted molar refractivity (Wildman–Crippen MR) is 150 cm³/mol. The first kappa shape index (κ1) is 22.4. The van der Waals surface area contributed by atoms with Crippen LogP contribution in [0.25, 0.3) is 42.4 Å². The molecule has 1 heterocycles. The van der Waals surface area contributed by atoms with Gasteiger partial charge < -0.3 is 0 Å². The summed E-state index contributed by atoms with van der Waals surface area (Å²) in [5, 5.41) is 11.8. The molecule has 0 fully saturated rings. The summed E-state index contributed by atoms with van der Waals surface area (Å²) in [6.07, 6.45) is 15.2. The third-order valence-corrected chi connectivity index (χ3v) is 8.24. The molecule has 33 heavy (non-hydrogen) atoms. The van der Waals surface area contributed by atoms with Crippen molar-refractivity contribution in [3.8, 4) is 0 Å². The highest BCUT2D eigenvalue weighted by atomic mass is 32.1. The van der Waals surface area contributed by atoms with Gasteiger partial charge in [0.2, 0.25) is 0 Å². The van der Waals surface area contributed by atoms with Gasteiger partial charge in [0.25, 0.3) is 0 Å². The van der Waals surface area contributed by atoms with Crippen molar-refractivity contribution in [2.75, 3.05) is 0 Å². The lowest BCUT2D eigenvalue weighted by Gasteiger charge is -2.09. The molecule has 0 aliphatic rings. The van der Waals surface area contributed by atoms with Gasteiger partial charge in [0.15, 0.2) is 0 Å². The van der Waals surface area contributed by atoms with E-state index < -0.39 is 0 Å². The third kappa shape index (κ3) is 5.09. The van der Waals surface area contributed by atoms with Crippen molar-refractivity contribution < 1.29 is 0 Å². The van der Waals surface area contributed by atoms with Gasteiger partial charge in [0, 0.05) is 10.1 Å². The molecule has 0 radical (unpaired) electrons. The van der Waals surface area contributed by atoms with E-state index in [4.69, 9.17) is 0 Å². The summed E-state index contributed by atoms with van der Waals surface area (Å²) in [5.74, 6) is 0. The van der Waals surface area contributed by atoms with Crippen molar-refractivity contribution in [2.45, 2.75) is 77.6 Å². The van der Waals surface area contributed by atoms with Gasteiger partial charge in [-0.1, -0.05) is 107 Å². The van der Waals surface area contributed by atoms with Crippen molar-refractivity contribution in [1.29, 1.82) is 0 Å². The Kier molecular flexibility index (Phi) is 7.27. The maximum Gasteiger partial charge on any atom is 0.0421 e. The van der Waals surface area contributed by atoms with Crippen LogP contribution >= 0.6 is 11.3 Å². The standard InChI is InChI=1S/C32H36S/c1-2-3-4-5-6-7-8-9-10-11-12-24-13-14-26-23-31-27(22-28(26)21-24)16-18-30-29(31)17-15-25-19-20-33-32(25)30/h13-23H,2-12H2,1H3. The molecule has 0 amide bonds. The minimum absolute atomic E-state index is 1.21. The van der Waals surface area contributed by atoms with Crippen LogP contribution in [-0.4, -0.2) is 0 Å². The zero-order chi connectivity index (χ0) is 22.5. The fourth-order valence-electron chi connectivity index (χ4n) is 5.34. The molecule has 0 unspecified atom stereocenters. The third-order valence-electron chi connectivity index (χ3n) is 7.27.